The second-order valence-electron chi connectivity index (χ2n) is 6.44. The minimum atomic E-state index is -0.465. The molecule has 1 aromatic heterocycles. The van der Waals surface area contributed by atoms with Crippen molar-refractivity contribution in [2.75, 3.05) is 11.6 Å². The normalized spacial score (nSPS) is 21.5. The molecule has 1 aliphatic carbocycles. The van der Waals surface area contributed by atoms with Gasteiger partial charge in [-0.2, -0.15) is 0 Å². The number of nitrogens with zero attached hydrogens (tertiary/aromatic N) is 2. The summed E-state index contributed by atoms with van der Waals surface area (Å²) in [5.74, 6) is 0.640. The second kappa shape index (κ2) is 7.17. The fourth-order valence-corrected chi connectivity index (χ4v) is 2.71. The smallest absolute Gasteiger partial charge is 0.407 e. The van der Waals surface area contributed by atoms with Gasteiger partial charge in [-0.3, -0.25) is 0 Å². The maximum absolute atomic E-state index is 11.8. The Balaban J connectivity index is 1.78. The Kier molecular flexibility index (Phi) is 5.50. The topological polar surface area (TPSA) is 76.1 Å². The van der Waals surface area contributed by atoms with Gasteiger partial charge in [0.1, 0.15) is 5.60 Å². The summed E-state index contributed by atoms with van der Waals surface area (Å²) in [6.07, 6.45) is 8.03. The van der Waals surface area contributed by atoms with Crippen LogP contribution in [-0.2, 0) is 4.74 Å². The lowest BCUT2D eigenvalue weighted by atomic mass is 10.2. The number of amides is 1. The Bertz CT molecular complexity index is 501. The molecule has 1 aliphatic rings. The standard InChI is InChI=1S/C15H24N4O2S/c1-15(2,3)21-14(20)19-11-6-5-10(7-11)18-13-16-8-12(22-4)9-17-13/h8-11H,5-7H2,1-4H3,(H,19,20)(H,16,17,18). The number of thioether (sulfide) groups is 1. The van der Waals surface area contributed by atoms with Crippen molar-refractivity contribution in [3.05, 3.63) is 12.4 Å². The van der Waals surface area contributed by atoms with Gasteiger partial charge in [-0.05, 0) is 46.3 Å². The minimum Gasteiger partial charge on any atom is -0.444 e. The highest BCUT2D eigenvalue weighted by Gasteiger charge is 2.28. The molecule has 0 spiro atoms. The van der Waals surface area contributed by atoms with E-state index in [1.807, 2.05) is 39.4 Å². The number of alkyl carbamates (subject to hydrolysis) is 1. The summed E-state index contributed by atoms with van der Waals surface area (Å²) in [5.41, 5.74) is -0.465. The van der Waals surface area contributed by atoms with Crippen molar-refractivity contribution >= 4 is 23.8 Å². The van der Waals surface area contributed by atoms with E-state index in [-0.39, 0.29) is 18.2 Å². The predicted octanol–water partition coefficient (Wildman–Crippen LogP) is 3.06. The van der Waals surface area contributed by atoms with Gasteiger partial charge >= 0.3 is 6.09 Å². The summed E-state index contributed by atoms with van der Waals surface area (Å²) in [4.78, 5) is 21.4. The van der Waals surface area contributed by atoms with Crippen LogP contribution < -0.4 is 10.6 Å². The minimum absolute atomic E-state index is 0.137. The van der Waals surface area contributed by atoms with Crippen LogP contribution in [0.5, 0.6) is 0 Å². The summed E-state index contributed by atoms with van der Waals surface area (Å²) in [6.45, 7) is 5.59. The van der Waals surface area contributed by atoms with E-state index in [4.69, 9.17) is 4.74 Å². The van der Waals surface area contributed by atoms with Crippen molar-refractivity contribution in [2.24, 2.45) is 0 Å². The van der Waals surface area contributed by atoms with Crippen LogP contribution in [0.2, 0.25) is 0 Å². The number of carbonyl (C=O) groups excluding carboxylic acids is 1. The maximum atomic E-state index is 11.8. The molecule has 6 nitrogen and oxygen atoms in total. The summed E-state index contributed by atoms with van der Waals surface area (Å²) in [7, 11) is 0. The molecule has 1 heterocycles. The average Bonchev–Trinajstić information content (AvgIpc) is 2.84. The monoisotopic (exact) mass is 324 g/mol. The van der Waals surface area contributed by atoms with Crippen LogP contribution in [0.25, 0.3) is 0 Å². The number of hydrogen-bond donors (Lipinski definition) is 2. The van der Waals surface area contributed by atoms with Gasteiger partial charge in [-0.1, -0.05) is 0 Å². The van der Waals surface area contributed by atoms with Crippen molar-refractivity contribution in [1.29, 1.82) is 0 Å². The third-order valence-electron chi connectivity index (χ3n) is 3.35. The van der Waals surface area contributed by atoms with Crippen LogP contribution in [0.3, 0.4) is 0 Å². The van der Waals surface area contributed by atoms with Crippen molar-refractivity contribution in [2.45, 2.75) is 62.6 Å². The van der Waals surface area contributed by atoms with E-state index in [9.17, 15) is 4.79 Å². The molecule has 0 aromatic carbocycles. The molecule has 0 radical (unpaired) electrons. The van der Waals surface area contributed by atoms with Gasteiger partial charge in [-0.15, -0.1) is 11.8 Å². The number of carbonyl (C=O) groups is 1. The molecule has 0 aliphatic heterocycles. The molecule has 0 saturated heterocycles. The number of aromatic nitrogens is 2. The number of rotatable bonds is 4. The fourth-order valence-electron chi connectivity index (χ4n) is 2.40. The lowest BCUT2D eigenvalue weighted by Gasteiger charge is -2.21. The molecule has 2 rings (SSSR count). The third-order valence-corrected chi connectivity index (χ3v) is 4.03. The zero-order valence-corrected chi connectivity index (χ0v) is 14.4. The highest BCUT2D eigenvalue weighted by atomic mass is 32.2. The number of nitrogens with one attached hydrogen (secondary N) is 2. The molecule has 122 valence electrons. The zero-order chi connectivity index (χ0) is 16.2. The van der Waals surface area contributed by atoms with Gasteiger partial charge in [0.15, 0.2) is 0 Å². The van der Waals surface area contributed by atoms with Gasteiger partial charge in [0.2, 0.25) is 5.95 Å². The number of hydrogen-bond acceptors (Lipinski definition) is 6. The first-order valence-electron chi connectivity index (χ1n) is 7.48. The van der Waals surface area contributed by atoms with Gasteiger partial charge < -0.3 is 15.4 Å². The van der Waals surface area contributed by atoms with E-state index in [2.05, 4.69) is 20.6 Å². The Morgan fingerprint density at radius 2 is 1.91 bits per heavy atom. The quantitative estimate of drug-likeness (QED) is 0.829. The third kappa shape index (κ3) is 5.36. The predicted molar refractivity (Wildman–Crippen MR) is 88.2 cm³/mol. The van der Waals surface area contributed by atoms with E-state index in [1.54, 1.807) is 11.8 Å². The van der Waals surface area contributed by atoms with Crippen LogP contribution in [0.15, 0.2) is 17.3 Å². The zero-order valence-electron chi connectivity index (χ0n) is 13.5. The highest BCUT2D eigenvalue weighted by molar-refractivity contribution is 7.98. The van der Waals surface area contributed by atoms with E-state index in [0.717, 1.165) is 24.2 Å². The van der Waals surface area contributed by atoms with Crippen LogP contribution in [0.1, 0.15) is 40.0 Å². The first kappa shape index (κ1) is 16.9. The number of ether oxygens (including phenoxy) is 1. The van der Waals surface area contributed by atoms with E-state index in [1.165, 1.54) is 0 Å². The fraction of sp³-hybridized carbons (Fsp3) is 0.667. The average molecular weight is 324 g/mol. The summed E-state index contributed by atoms with van der Waals surface area (Å²) in [6, 6.07) is 0.415. The highest BCUT2D eigenvalue weighted by Crippen LogP contribution is 2.22. The lowest BCUT2D eigenvalue weighted by molar-refractivity contribution is 0.0505. The SMILES string of the molecule is CSc1cnc(NC2CCC(NC(=O)OC(C)(C)C)C2)nc1. The van der Waals surface area contributed by atoms with Crippen molar-refractivity contribution in [3.63, 3.8) is 0 Å². The molecular formula is C15H24N4O2S. The Labute approximate surface area is 135 Å². The molecule has 1 amide bonds. The van der Waals surface area contributed by atoms with E-state index < -0.39 is 5.60 Å². The van der Waals surface area contributed by atoms with Crippen molar-refractivity contribution in [3.8, 4) is 0 Å². The van der Waals surface area contributed by atoms with Gasteiger partial charge in [0.25, 0.3) is 0 Å². The Morgan fingerprint density at radius 3 is 2.50 bits per heavy atom. The molecular weight excluding hydrogens is 300 g/mol. The van der Waals surface area contributed by atoms with Crippen LogP contribution in [0, 0.1) is 0 Å². The van der Waals surface area contributed by atoms with E-state index >= 15 is 0 Å². The largest absolute Gasteiger partial charge is 0.444 e. The molecule has 0 bridgehead atoms. The molecule has 1 fully saturated rings. The number of anilines is 1. The molecule has 2 unspecified atom stereocenters. The molecule has 2 N–H and O–H groups in total. The maximum Gasteiger partial charge on any atom is 0.407 e. The molecule has 22 heavy (non-hydrogen) atoms. The van der Waals surface area contributed by atoms with Gasteiger partial charge in [0.05, 0.1) is 0 Å². The molecule has 7 heteroatoms. The Morgan fingerprint density at radius 1 is 1.27 bits per heavy atom. The molecule has 1 saturated carbocycles. The molecule has 1 aromatic rings. The van der Waals surface area contributed by atoms with Crippen molar-refractivity contribution < 1.29 is 9.53 Å². The first-order chi connectivity index (χ1) is 10.4. The van der Waals surface area contributed by atoms with Crippen LogP contribution >= 0.6 is 11.8 Å². The van der Waals surface area contributed by atoms with Crippen LogP contribution in [0.4, 0.5) is 10.7 Å². The summed E-state index contributed by atoms with van der Waals surface area (Å²) in [5, 5.41) is 6.24. The summed E-state index contributed by atoms with van der Waals surface area (Å²) >= 11 is 1.62. The Hall–Kier alpha value is -1.50. The van der Waals surface area contributed by atoms with Gasteiger partial charge in [-0.25, -0.2) is 14.8 Å². The summed E-state index contributed by atoms with van der Waals surface area (Å²) < 4.78 is 5.28. The lowest BCUT2D eigenvalue weighted by Crippen LogP contribution is -2.38. The first-order valence-corrected chi connectivity index (χ1v) is 8.70. The second-order valence-corrected chi connectivity index (χ2v) is 7.32. The van der Waals surface area contributed by atoms with Crippen molar-refractivity contribution in [1.82, 2.24) is 15.3 Å². The van der Waals surface area contributed by atoms with Crippen LogP contribution in [-0.4, -0.2) is 40.0 Å². The van der Waals surface area contributed by atoms with Gasteiger partial charge in [0, 0.05) is 29.4 Å². The van der Waals surface area contributed by atoms with E-state index in [0.29, 0.717) is 5.95 Å². The molecule has 2 atom stereocenters.